The van der Waals surface area contributed by atoms with Crippen LogP contribution in [0.2, 0.25) is 19.6 Å². The summed E-state index contributed by atoms with van der Waals surface area (Å²) in [4.78, 5) is 19.8. The van der Waals surface area contributed by atoms with Gasteiger partial charge < -0.3 is 9.72 Å². The van der Waals surface area contributed by atoms with Gasteiger partial charge in [0.25, 0.3) is 0 Å². The molecule has 1 fully saturated rings. The molecule has 6 heteroatoms. The van der Waals surface area contributed by atoms with Gasteiger partial charge >= 0.3 is 5.97 Å². The van der Waals surface area contributed by atoms with Crippen LogP contribution in [-0.4, -0.2) is 36.8 Å². The number of aromatic amines is 1. The molecule has 1 aromatic rings. The van der Waals surface area contributed by atoms with Gasteiger partial charge in [-0.25, -0.2) is 4.98 Å². The Balaban J connectivity index is 2.10. The van der Waals surface area contributed by atoms with Gasteiger partial charge in [-0.05, 0) is 33.7 Å². The summed E-state index contributed by atoms with van der Waals surface area (Å²) >= 11 is 0. The van der Waals surface area contributed by atoms with Crippen LogP contribution in [0.5, 0.6) is 0 Å². The van der Waals surface area contributed by atoms with Crippen LogP contribution < -0.4 is 5.32 Å². The van der Waals surface area contributed by atoms with Crippen LogP contribution in [-0.2, 0) is 9.53 Å². The monoisotopic (exact) mass is 333 g/mol. The topological polar surface area (TPSA) is 67.0 Å². The first kappa shape index (κ1) is 17.8. The Hall–Kier alpha value is -1.58. The Morgan fingerprint density at radius 1 is 1.39 bits per heavy atom. The van der Waals surface area contributed by atoms with Gasteiger partial charge in [0.1, 0.15) is 19.6 Å². The highest BCUT2D eigenvalue weighted by atomic mass is 28.3. The van der Waals surface area contributed by atoms with Crippen molar-refractivity contribution < 1.29 is 9.53 Å². The lowest BCUT2D eigenvalue weighted by Crippen LogP contribution is -2.36. The smallest absolute Gasteiger partial charge is 0.312 e. The van der Waals surface area contributed by atoms with E-state index in [0.717, 1.165) is 24.5 Å². The van der Waals surface area contributed by atoms with E-state index in [2.05, 4.69) is 46.4 Å². The number of hydrogen-bond donors (Lipinski definition) is 2. The summed E-state index contributed by atoms with van der Waals surface area (Å²) in [6.45, 7) is 13.0. The molecule has 2 atom stereocenters. The second kappa shape index (κ2) is 6.50. The minimum Gasteiger partial charge on any atom is -0.445 e. The first-order chi connectivity index (χ1) is 10.6. The summed E-state index contributed by atoms with van der Waals surface area (Å²) in [5.41, 5.74) is 3.64. The number of ether oxygens (including phenoxy) is 1. The molecule has 1 aliphatic rings. The Bertz CT molecular complexity index is 629. The molecule has 0 aliphatic carbocycles. The normalized spacial score (nSPS) is 21.7. The van der Waals surface area contributed by atoms with E-state index >= 15 is 0 Å². The number of nitrogens with one attached hydrogen (secondary N) is 2. The molecule has 1 aliphatic heterocycles. The Morgan fingerprint density at radius 3 is 2.70 bits per heavy atom. The van der Waals surface area contributed by atoms with E-state index in [0.29, 0.717) is 0 Å². The third-order valence-corrected chi connectivity index (χ3v) is 4.41. The average Bonchev–Trinajstić information content (AvgIpc) is 3.02. The first-order valence-electron chi connectivity index (χ1n) is 8.09. The van der Waals surface area contributed by atoms with Crippen LogP contribution >= 0.6 is 0 Å². The van der Waals surface area contributed by atoms with Crippen molar-refractivity contribution in [2.75, 3.05) is 6.54 Å². The van der Waals surface area contributed by atoms with Crippen molar-refractivity contribution in [1.29, 1.82) is 0 Å². The molecule has 1 aromatic heterocycles. The molecule has 23 heavy (non-hydrogen) atoms. The van der Waals surface area contributed by atoms with Gasteiger partial charge in [-0.2, -0.15) is 0 Å². The fourth-order valence-electron chi connectivity index (χ4n) is 2.21. The van der Waals surface area contributed by atoms with E-state index in [1.165, 1.54) is 0 Å². The van der Waals surface area contributed by atoms with Gasteiger partial charge in [0.05, 0.1) is 17.5 Å². The summed E-state index contributed by atoms with van der Waals surface area (Å²) < 4.78 is 5.63. The zero-order valence-electron chi connectivity index (χ0n) is 14.9. The number of carbonyl (C=O) groups excluding carboxylic acids is 1. The number of imidazole rings is 1. The number of rotatable bonds is 2. The van der Waals surface area contributed by atoms with E-state index in [1.807, 2.05) is 20.8 Å². The third kappa shape index (κ3) is 4.95. The maximum absolute atomic E-state index is 12.1. The fourth-order valence-corrected chi connectivity index (χ4v) is 2.72. The van der Waals surface area contributed by atoms with Gasteiger partial charge in [0, 0.05) is 0 Å². The van der Waals surface area contributed by atoms with Crippen molar-refractivity contribution in [3.8, 4) is 11.5 Å². The third-order valence-electron chi connectivity index (χ3n) is 3.53. The maximum Gasteiger partial charge on any atom is 0.312 e. The molecule has 1 unspecified atom stereocenters. The van der Waals surface area contributed by atoms with E-state index in [1.54, 1.807) is 6.20 Å². The van der Waals surface area contributed by atoms with E-state index < -0.39 is 13.5 Å². The van der Waals surface area contributed by atoms with E-state index in [9.17, 15) is 4.79 Å². The first-order valence-corrected chi connectivity index (χ1v) is 11.6. The minimum absolute atomic E-state index is 0.0451. The largest absolute Gasteiger partial charge is 0.445 e. The lowest BCUT2D eigenvalue weighted by atomic mass is 9.97. The molecule has 126 valence electrons. The number of aromatic nitrogens is 2. The zero-order chi connectivity index (χ0) is 17.3. The van der Waals surface area contributed by atoms with Crippen LogP contribution in [0.4, 0.5) is 0 Å². The highest BCUT2D eigenvalue weighted by Gasteiger charge is 2.36. The average molecular weight is 334 g/mol. The highest BCUT2D eigenvalue weighted by molar-refractivity contribution is 6.83. The number of esters is 1. The van der Waals surface area contributed by atoms with Crippen molar-refractivity contribution >= 4 is 14.0 Å². The SMILES string of the molecule is CC(C)(C)C(=O)OC1NCC[C@H]1c1ncc(C#C[Si](C)(C)C)[nH]1. The summed E-state index contributed by atoms with van der Waals surface area (Å²) in [6.07, 6.45) is 2.32. The molecule has 2 N–H and O–H groups in total. The molecule has 0 bridgehead atoms. The second-order valence-corrected chi connectivity index (χ2v) is 12.9. The fraction of sp³-hybridized carbons (Fsp3) is 0.647. The van der Waals surface area contributed by atoms with Crippen molar-refractivity contribution in [2.24, 2.45) is 5.41 Å². The summed E-state index contributed by atoms with van der Waals surface area (Å²) in [7, 11) is -1.41. The molecule has 0 aromatic carbocycles. The van der Waals surface area contributed by atoms with Crippen LogP contribution in [0, 0.1) is 16.9 Å². The van der Waals surface area contributed by atoms with Gasteiger partial charge in [-0.3, -0.25) is 10.1 Å². The molecule has 0 radical (unpaired) electrons. The molecular formula is C17H27N3O2Si. The van der Waals surface area contributed by atoms with Crippen LogP contribution in [0.25, 0.3) is 0 Å². The zero-order valence-corrected chi connectivity index (χ0v) is 15.9. The number of H-pyrrole nitrogens is 1. The van der Waals surface area contributed by atoms with Crippen molar-refractivity contribution in [1.82, 2.24) is 15.3 Å². The lowest BCUT2D eigenvalue weighted by Gasteiger charge is -2.23. The second-order valence-electron chi connectivity index (χ2n) is 8.11. The molecule has 2 rings (SSSR count). The van der Waals surface area contributed by atoms with Crippen molar-refractivity contribution in [3.63, 3.8) is 0 Å². The van der Waals surface area contributed by atoms with Crippen LogP contribution in [0.1, 0.15) is 44.6 Å². The molecule has 2 heterocycles. The van der Waals surface area contributed by atoms with Crippen molar-refractivity contribution in [3.05, 3.63) is 17.7 Å². The molecular weight excluding hydrogens is 306 g/mol. The van der Waals surface area contributed by atoms with E-state index in [4.69, 9.17) is 4.74 Å². The van der Waals surface area contributed by atoms with Gasteiger partial charge in [-0.15, -0.1) is 5.54 Å². The lowest BCUT2D eigenvalue weighted by molar-refractivity contribution is -0.160. The molecule has 0 amide bonds. The Labute approximate surface area is 139 Å². The maximum atomic E-state index is 12.1. The van der Waals surface area contributed by atoms with Gasteiger partial charge in [0.15, 0.2) is 6.23 Å². The Morgan fingerprint density at radius 2 is 2.09 bits per heavy atom. The molecule has 0 spiro atoms. The molecule has 5 nitrogen and oxygen atoms in total. The summed E-state index contributed by atoms with van der Waals surface area (Å²) in [5.74, 6) is 3.85. The standard InChI is InChI=1S/C17H27N3O2Si/c1-17(2,3)16(21)22-15-13(7-9-18-15)14-19-11-12(20-14)8-10-23(4,5)6/h11,13,15,18H,7,9H2,1-6H3,(H,19,20)/t13-,15?/m0/s1. The van der Waals surface area contributed by atoms with E-state index in [-0.39, 0.29) is 18.1 Å². The van der Waals surface area contributed by atoms with Crippen molar-refractivity contribution in [2.45, 2.75) is 59.0 Å². The number of nitrogens with zero attached hydrogens (tertiary/aromatic N) is 1. The predicted octanol–water partition coefficient (Wildman–Crippen LogP) is 2.63. The quantitative estimate of drug-likeness (QED) is 0.496. The Kier molecular flexibility index (Phi) is 5.02. The van der Waals surface area contributed by atoms with Gasteiger partial charge in [0.2, 0.25) is 0 Å². The molecule has 0 saturated carbocycles. The summed E-state index contributed by atoms with van der Waals surface area (Å²) in [6, 6.07) is 0. The summed E-state index contributed by atoms with van der Waals surface area (Å²) in [5, 5.41) is 3.24. The highest BCUT2D eigenvalue weighted by Crippen LogP contribution is 2.28. The number of hydrogen-bond acceptors (Lipinski definition) is 4. The predicted molar refractivity (Wildman–Crippen MR) is 93.5 cm³/mol. The number of carbonyl (C=O) groups is 1. The molecule has 1 saturated heterocycles. The minimum atomic E-state index is -1.41. The van der Waals surface area contributed by atoms with Crippen LogP contribution in [0.3, 0.4) is 0 Å². The van der Waals surface area contributed by atoms with Crippen LogP contribution in [0.15, 0.2) is 6.20 Å². The van der Waals surface area contributed by atoms with Gasteiger partial charge in [-0.1, -0.05) is 25.6 Å².